The minimum absolute atomic E-state index is 0.00227. The van der Waals surface area contributed by atoms with Crippen molar-refractivity contribution in [3.8, 4) is 5.75 Å². The van der Waals surface area contributed by atoms with E-state index in [1.54, 1.807) is 6.07 Å². The van der Waals surface area contributed by atoms with Crippen molar-refractivity contribution in [2.75, 3.05) is 19.7 Å². The van der Waals surface area contributed by atoms with Crippen LogP contribution in [0.4, 0.5) is 0 Å². The second-order valence-electron chi connectivity index (χ2n) is 5.27. The number of nitrogens with zero attached hydrogens (tertiary/aromatic N) is 1. The van der Waals surface area contributed by atoms with Gasteiger partial charge in [-0.25, -0.2) is 0 Å². The Bertz CT molecular complexity index is 505. The van der Waals surface area contributed by atoms with Crippen molar-refractivity contribution in [1.82, 2.24) is 4.90 Å². The summed E-state index contributed by atoms with van der Waals surface area (Å²) < 4.78 is 5.63. The summed E-state index contributed by atoms with van der Waals surface area (Å²) in [5.74, 6) is 0.535. The van der Waals surface area contributed by atoms with Crippen LogP contribution >= 0.6 is 0 Å². The van der Waals surface area contributed by atoms with Crippen molar-refractivity contribution >= 4 is 12.2 Å². The van der Waals surface area contributed by atoms with Gasteiger partial charge >= 0.3 is 0 Å². The molecule has 0 aliphatic carbocycles. The lowest BCUT2D eigenvalue weighted by atomic mass is 10.1. The highest BCUT2D eigenvalue weighted by atomic mass is 16.5. The van der Waals surface area contributed by atoms with Crippen LogP contribution < -0.4 is 4.74 Å². The van der Waals surface area contributed by atoms with Crippen LogP contribution in [0.25, 0.3) is 0 Å². The number of aldehydes is 1. The van der Waals surface area contributed by atoms with Gasteiger partial charge in [0.25, 0.3) is 5.91 Å². The quantitative estimate of drug-likeness (QED) is 0.793. The number of aryl methyl sites for hydroxylation is 1. The zero-order valence-electron chi connectivity index (χ0n) is 12.1. The van der Waals surface area contributed by atoms with Gasteiger partial charge in [0.05, 0.1) is 5.56 Å². The lowest BCUT2D eigenvalue weighted by molar-refractivity contribution is -0.134. The Morgan fingerprint density at radius 3 is 2.60 bits per heavy atom. The Balaban J connectivity index is 2.04. The molecule has 2 rings (SSSR count). The summed E-state index contributed by atoms with van der Waals surface area (Å²) in [6, 6.07) is 3.62. The number of piperidine rings is 1. The van der Waals surface area contributed by atoms with Gasteiger partial charge in [-0.15, -0.1) is 0 Å². The second-order valence-corrected chi connectivity index (χ2v) is 5.27. The highest BCUT2D eigenvalue weighted by Gasteiger charge is 2.18. The maximum atomic E-state index is 12.1. The van der Waals surface area contributed by atoms with E-state index < -0.39 is 0 Å². The van der Waals surface area contributed by atoms with E-state index in [9.17, 15) is 9.59 Å². The number of hydrogen-bond acceptors (Lipinski definition) is 3. The lowest BCUT2D eigenvalue weighted by Crippen LogP contribution is -2.38. The summed E-state index contributed by atoms with van der Waals surface area (Å²) >= 11 is 0. The van der Waals surface area contributed by atoms with Crippen molar-refractivity contribution in [2.45, 2.75) is 33.1 Å². The van der Waals surface area contributed by atoms with Crippen molar-refractivity contribution in [2.24, 2.45) is 0 Å². The van der Waals surface area contributed by atoms with Crippen LogP contribution in [0.2, 0.25) is 0 Å². The molecule has 0 spiro atoms. The van der Waals surface area contributed by atoms with Crippen LogP contribution in [-0.2, 0) is 4.79 Å². The Hall–Kier alpha value is -1.84. The van der Waals surface area contributed by atoms with Crippen LogP contribution in [0.15, 0.2) is 12.1 Å². The van der Waals surface area contributed by atoms with Gasteiger partial charge in [-0.05, 0) is 50.3 Å². The normalized spacial score (nSPS) is 15.0. The Morgan fingerprint density at radius 1 is 1.25 bits per heavy atom. The molecule has 1 fully saturated rings. The summed E-state index contributed by atoms with van der Waals surface area (Å²) in [7, 11) is 0. The molecule has 0 radical (unpaired) electrons. The van der Waals surface area contributed by atoms with E-state index in [1.165, 1.54) is 6.42 Å². The molecule has 1 aliphatic rings. The fraction of sp³-hybridized carbons (Fsp3) is 0.500. The van der Waals surface area contributed by atoms with Gasteiger partial charge in [-0.3, -0.25) is 9.59 Å². The number of likely N-dealkylation sites (tertiary alicyclic amines) is 1. The summed E-state index contributed by atoms with van der Waals surface area (Å²) in [5, 5.41) is 0. The van der Waals surface area contributed by atoms with Gasteiger partial charge in [0.15, 0.2) is 12.9 Å². The smallest absolute Gasteiger partial charge is 0.260 e. The van der Waals surface area contributed by atoms with E-state index in [4.69, 9.17) is 4.74 Å². The number of carbonyl (C=O) groups excluding carboxylic acids is 2. The van der Waals surface area contributed by atoms with Crippen LogP contribution in [0.1, 0.15) is 40.7 Å². The predicted octanol–water partition coefficient (Wildman–Crippen LogP) is 2.51. The molecule has 0 unspecified atom stereocenters. The van der Waals surface area contributed by atoms with E-state index >= 15 is 0 Å². The van der Waals surface area contributed by atoms with Gasteiger partial charge in [-0.2, -0.15) is 0 Å². The van der Waals surface area contributed by atoms with E-state index in [-0.39, 0.29) is 12.5 Å². The zero-order chi connectivity index (χ0) is 14.5. The highest BCUT2D eigenvalue weighted by Crippen LogP contribution is 2.25. The molecule has 0 bridgehead atoms. The Kier molecular flexibility index (Phi) is 4.77. The Labute approximate surface area is 119 Å². The topological polar surface area (TPSA) is 46.6 Å². The molecule has 1 aromatic rings. The number of rotatable bonds is 4. The van der Waals surface area contributed by atoms with Gasteiger partial charge in [0.2, 0.25) is 0 Å². The van der Waals surface area contributed by atoms with Crippen LogP contribution in [-0.4, -0.2) is 36.8 Å². The molecule has 1 saturated heterocycles. The van der Waals surface area contributed by atoms with Gasteiger partial charge in [0, 0.05) is 13.1 Å². The number of amides is 1. The van der Waals surface area contributed by atoms with Crippen LogP contribution in [0.5, 0.6) is 5.75 Å². The first-order chi connectivity index (χ1) is 9.63. The fourth-order valence-corrected chi connectivity index (χ4v) is 2.46. The monoisotopic (exact) mass is 275 g/mol. The Morgan fingerprint density at radius 2 is 1.95 bits per heavy atom. The summed E-state index contributed by atoms with van der Waals surface area (Å²) in [5.41, 5.74) is 2.47. The molecule has 4 heteroatoms. The van der Waals surface area contributed by atoms with Crippen molar-refractivity contribution < 1.29 is 14.3 Å². The molecule has 1 heterocycles. The van der Waals surface area contributed by atoms with E-state index in [0.717, 1.165) is 43.3 Å². The standard InChI is InChI=1S/C16H21NO3/c1-12-6-7-14(10-18)16(13(12)2)20-11-15(19)17-8-4-3-5-9-17/h6-7,10H,3-5,8-9,11H2,1-2H3. The van der Waals surface area contributed by atoms with E-state index in [1.807, 2.05) is 24.8 Å². The van der Waals surface area contributed by atoms with Crippen LogP contribution in [0.3, 0.4) is 0 Å². The summed E-state index contributed by atoms with van der Waals surface area (Å²) in [6.07, 6.45) is 4.09. The third-order valence-electron chi connectivity index (χ3n) is 3.88. The van der Waals surface area contributed by atoms with Crippen molar-refractivity contribution in [3.05, 3.63) is 28.8 Å². The summed E-state index contributed by atoms with van der Waals surface area (Å²) in [4.78, 5) is 25.0. The first-order valence-corrected chi connectivity index (χ1v) is 7.09. The zero-order valence-corrected chi connectivity index (χ0v) is 12.1. The number of ether oxygens (including phenoxy) is 1. The second kappa shape index (κ2) is 6.55. The van der Waals surface area contributed by atoms with Crippen LogP contribution in [0, 0.1) is 13.8 Å². The number of carbonyl (C=O) groups is 2. The largest absolute Gasteiger partial charge is 0.483 e. The third kappa shape index (κ3) is 3.18. The molecular weight excluding hydrogens is 254 g/mol. The highest BCUT2D eigenvalue weighted by molar-refractivity contribution is 5.82. The molecule has 1 aromatic carbocycles. The average molecular weight is 275 g/mol. The first kappa shape index (κ1) is 14.6. The lowest BCUT2D eigenvalue weighted by Gasteiger charge is -2.26. The van der Waals surface area contributed by atoms with Crippen molar-refractivity contribution in [1.29, 1.82) is 0 Å². The molecule has 0 saturated carbocycles. The van der Waals surface area contributed by atoms with E-state index in [0.29, 0.717) is 11.3 Å². The molecular formula is C16H21NO3. The molecule has 0 N–H and O–H groups in total. The molecule has 0 aromatic heterocycles. The van der Waals surface area contributed by atoms with Crippen molar-refractivity contribution in [3.63, 3.8) is 0 Å². The molecule has 1 aliphatic heterocycles. The maximum absolute atomic E-state index is 12.1. The minimum atomic E-state index is 0.00227. The van der Waals surface area contributed by atoms with Gasteiger partial charge < -0.3 is 9.64 Å². The fourth-order valence-electron chi connectivity index (χ4n) is 2.46. The maximum Gasteiger partial charge on any atom is 0.260 e. The molecule has 4 nitrogen and oxygen atoms in total. The first-order valence-electron chi connectivity index (χ1n) is 7.09. The molecule has 1 amide bonds. The molecule has 0 atom stereocenters. The minimum Gasteiger partial charge on any atom is -0.483 e. The van der Waals surface area contributed by atoms with Gasteiger partial charge in [0.1, 0.15) is 5.75 Å². The third-order valence-corrected chi connectivity index (χ3v) is 3.88. The number of benzene rings is 1. The average Bonchev–Trinajstić information content (AvgIpc) is 2.49. The number of hydrogen-bond donors (Lipinski definition) is 0. The SMILES string of the molecule is Cc1ccc(C=O)c(OCC(=O)N2CCCCC2)c1C. The molecule has 20 heavy (non-hydrogen) atoms. The predicted molar refractivity (Wildman–Crippen MR) is 77.2 cm³/mol. The summed E-state index contributed by atoms with van der Waals surface area (Å²) in [6.45, 7) is 5.50. The van der Waals surface area contributed by atoms with E-state index in [2.05, 4.69) is 0 Å². The van der Waals surface area contributed by atoms with Gasteiger partial charge in [-0.1, -0.05) is 6.07 Å². The molecule has 108 valence electrons.